The molecular formula is C27H25N7O. The molecule has 6 rings (SSSR count). The summed E-state index contributed by atoms with van der Waals surface area (Å²) in [7, 11) is 0. The number of fused-ring (bicyclic) bond motifs is 1. The van der Waals surface area contributed by atoms with Crippen LogP contribution in [-0.2, 0) is 6.42 Å². The molecule has 2 aromatic heterocycles. The highest BCUT2D eigenvalue weighted by Gasteiger charge is 2.22. The summed E-state index contributed by atoms with van der Waals surface area (Å²) in [6.45, 7) is 4.28. The molecule has 1 aliphatic heterocycles. The van der Waals surface area contributed by atoms with Crippen molar-refractivity contribution in [2.24, 2.45) is 0 Å². The van der Waals surface area contributed by atoms with Gasteiger partial charge in [-0.25, -0.2) is 4.98 Å². The second-order valence-corrected chi connectivity index (χ2v) is 9.36. The van der Waals surface area contributed by atoms with Gasteiger partial charge >= 0.3 is 0 Å². The first-order chi connectivity index (χ1) is 16.9. The number of benzene rings is 3. The fourth-order valence-electron chi connectivity index (χ4n) is 4.52. The summed E-state index contributed by atoms with van der Waals surface area (Å²) in [6.07, 6.45) is 0.834. The number of nitrogens with two attached hydrogens (primary N) is 1. The highest BCUT2D eigenvalue weighted by molar-refractivity contribution is 6.00. The van der Waals surface area contributed by atoms with Gasteiger partial charge in [0.1, 0.15) is 11.6 Å². The molecule has 35 heavy (non-hydrogen) atoms. The number of para-hydroxylation sites is 2. The van der Waals surface area contributed by atoms with Crippen LogP contribution in [-0.4, -0.2) is 25.7 Å². The topological polar surface area (TPSA) is 114 Å². The first-order valence-electron chi connectivity index (χ1n) is 11.5. The van der Waals surface area contributed by atoms with Crippen LogP contribution < -0.4 is 21.1 Å². The Morgan fingerprint density at radius 3 is 2.60 bits per heavy atom. The Kier molecular flexibility index (Phi) is 4.81. The maximum absolute atomic E-state index is 6.29. The number of hydrogen-bond acceptors (Lipinski definition) is 7. The normalized spacial score (nSPS) is 12.4. The monoisotopic (exact) mass is 463 g/mol. The Bertz CT molecular complexity index is 1540. The Morgan fingerprint density at radius 2 is 1.74 bits per heavy atom. The third-order valence-corrected chi connectivity index (χ3v) is 5.98. The predicted molar refractivity (Wildman–Crippen MR) is 139 cm³/mol. The van der Waals surface area contributed by atoms with Gasteiger partial charge in [-0.05, 0) is 50.1 Å². The fourth-order valence-corrected chi connectivity index (χ4v) is 4.52. The molecule has 0 saturated heterocycles. The summed E-state index contributed by atoms with van der Waals surface area (Å²) >= 11 is 0. The average molecular weight is 464 g/mol. The van der Waals surface area contributed by atoms with Crippen LogP contribution in [0.3, 0.4) is 0 Å². The molecule has 174 valence electrons. The minimum absolute atomic E-state index is 0.199. The van der Waals surface area contributed by atoms with Crippen molar-refractivity contribution in [3.63, 3.8) is 0 Å². The van der Waals surface area contributed by atoms with E-state index in [1.165, 1.54) is 5.56 Å². The van der Waals surface area contributed by atoms with E-state index in [1.807, 2.05) is 60.7 Å². The number of H-pyrrole nitrogens is 1. The molecule has 0 bridgehead atoms. The lowest BCUT2D eigenvalue weighted by molar-refractivity contribution is 0.492. The first-order valence-corrected chi connectivity index (χ1v) is 11.5. The zero-order chi connectivity index (χ0) is 24.0. The Hall–Kier alpha value is -4.59. The largest absolute Gasteiger partial charge is 0.454 e. The van der Waals surface area contributed by atoms with E-state index in [1.54, 1.807) is 0 Å². The van der Waals surface area contributed by atoms with Crippen LogP contribution in [0.1, 0.15) is 19.4 Å². The smallest absolute Gasteiger partial charge is 0.222 e. The molecular weight excluding hydrogens is 438 g/mol. The van der Waals surface area contributed by atoms with Crippen molar-refractivity contribution in [3.05, 3.63) is 78.4 Å². The Balaban J connectivity index is 1.36. The second kappa shape index (κ2) is 8.02. The van der Waals surface area contributed by atoms with E-state index < -0.39 is 0 Å². The van der Waals surface area contributed by atoms with Crippen molar-refractivity contribution in [2.45, 2.75) is 25.8 Å². The van der Waals surface area contributed by atoms with Gasteiger partial charge in [-0.3, -0.25) is 5.10 Å². The molecule has 5 aromatic rings. The molecule has 5 N–H and O–H groups in total. The molecule has 0 saturated carbocycles. The van der Waals surface area contributed by atoms with Crippen molar-refractivity contribution >= 4 is 34.2 Å². The van der Waals surface area contributed by atoms with Crippen molar-refractivity contribution in [1.29, 1.82) is 0 Å². The number of nitrogen functional groups attached to an aromatic ring is 1. The fraction of sp³-hybridized carbons (Fsp3) is 0.148. The van der Waals surface area contributed by atoms with E-state index in [0.717, 1.165) is 40.1 Å². The number of aromatic amines is 1. The van der Waals surface area contributed by atoms with Gasteiger partial charge in [0, 0.05) is 17.2 Å². The molecule has 8 nitrogen and oxygen atoms in total. The highest BCUT2D eigenvalue weighted by Crippen LogP contribution is 2.44. The average Bonchev–Trinajstić information content (AvgIpc) is 3.14. The van der Waals surface area contributed by atoms with Crippen LogP contribution in [0.25, 0.3) is 22.2 Å². The molecule has 0 radical (unpaired) electrons. The van der Waals surface area contributed by atoms with Crippen LogP contribution in [0.2, 0.25) is 0 Å². The Morgan fingerprint density at radius 1 is 0.943 bits per heavy atom. The van der Waals surface area contributed by atoms with Crippen molar-refractivity contribution in [3.8, 4) is 22.8 Å². The third-order valence-electron chi connectivity index (χ3n) is 5.98. The van der Waals surface area contributed by atoms with E-state index >= 15 is 0 Å². The van der Waals surface area contributed by atoms with Crippen LogP contribution >= 0.6 is 0 Å². The maximum Gasteiger partial charge on any atom is 0.222 e. The number of rotatable bonds is 5. The molecule has 1 aliphatic rings. The van der Waals surface area contributed by atoms with Crippen LogP contribution in [0.5, 0.6) is 11.5 Å². The quantitative estimate of drug-likeness (QED) is 0.252. The number of anilines is 4. The van der Waals surface area contributed by atoms with Crippen molar-refractivity contribution < 1.29 is 4.74 Å². The van der Waals surface area contributed by atoms with Crippen LogP contribution in [0.4, 0.5) is 23.3 Å². The van der Waals surface area contributed by atoms with Gasteiger partial charge in [0.05, 0.1) is 22.3 Å². The van der Waals surface area contributed by atoms with Gasteiger partial charge in [0.25, 0.3) is 0 Å². The summed E-state index contributed by atoms with van der Waals surface area (Å²) < 4.78 is 6.29. The molecule has 0 amide bonds. The van der Waals surface area contributed by atoms with Crippen LogP contribution in [0, 0.1) is 0 Å². The molecule has 0 aliphatic carbocycles. The molecule has 3 aromatic carbocycles. The highest BCUT2D eigenvalue weighted by atomic mass is 16.5. The molecule has 8 heteroatoms. The lowest BCUT2D eigenvalue weighted by atomic mass is 9.95. The number of nitrogens with zero attached hydrogens (tertiary/aromatic N) is 3. The zero-order valence-electron chi connectivity index (χ0n) is 19.5. The molecule has 3 heterocycles. The zero-order valence-corrected chi connectivity index (χ0v) is 19.5. The number of nitrogens with one attached hydrogen (secondary N) is 3. The summed E-state index contributed by atoms with van der Waals surface area (Å²) in [6, 6.07) is 24.0. The first kappa shape index (κ1) is 21.0. The minimum atomic E-state index is -0.246. The predicted octanol–water partition coefficient (Wildman–Crippen LogP) is 5.88. The number of aromatic nitrogens is 4. The van der Waals surface area contributed by atoms with E-state index in [-0.39, 0.29) is 11.5 Å². The van der Waals surface area contributed by atoms with Gasteiger partial charge < -0.3 is 21.1 Å². The van der Waals surface area contributed by atoms with Crippen LogP contribution in [0.15, 0.2) is 72.8 Å². The lowest BCUT2D eigenvalue weighted by Crippen LogP contribution is -2.34. The van der Waals surface area contributed by atoms with Crippen molar-refractivity contribution in [2.75, 3.05) is 16.4 Å². The third kappa shape index (κ3) is 4.10. The van der Waals surface area contributed by atoms with Gasteiger partial charge in [0.2, 0.25) is 5.95 Å². The summed E-state index contributed by atoms with van der Waals surface area (Å²) in [5.74, 6) is 3.01. The molecule has 0 fully saturated rings. The van der Waals surface area contributed by atoms with Gasteiger partial charge in [0.15, 0.2) is 11.6 Å². The Labute approximate surface area is 202 Å². The van der Waals surface area contributed by atoms with Gasteiger partial charge in [-0.2, -0.15) is 10.1 Å². The van der Waals surface area contributed by atoms with Gasteiger partial charge in [-0.15, -0.1) is 0 Å². The van der Waals surface area contributed by atoms with E-state index in [0.29, 0.717) is 17.3 Å². The summed E-state index contributed by atoms with van der Waals surface area (Å²) in [4.78, 5) is 8.96. The SMILES string of the molecule is CC(C)(Cc1ccccc1)Nc1cc(-c2cc3c4c(n[nH]c4c2)Nc2ccccc2O3)nc(N)n1. The second-order valence-electron chi connectivity index (χ2n) is 9.36. The summed E-state index contributed by atoms with van der Waals surface area (Å²) in [5.41, 5.74) is 10.4. The van der Waals surface area contributed by atoms with Gasteiger partial charge in [-0.1, -0.05) is 42.5 Å². The van der Waals surface area contributed by atoms with E-state index in [2.05, 4.69) is 56.8 Å². The van der Waals surface area contributed by atoms with Crippen molar-refractivity contribution in [1.82, 2.24) is 20.2 Å². The van der Waals surface area contributed by atoms with E-state index in [4.69, 9.17) is 10.5 Å². The number of ether oxygens (including phenoxy) is 1. The van der Waals surface area contributed by atoms with E-state index in [9.17, 15) is 0 Å². The summed E-state index contributed by atoms with van der Waals surface area (Å²) in [5, 5.41) is 15.3. The number of hydrogen-bond donors (Lipinski definition) is 4. The lowest BCUT2D eigenvalue weighted by Gasteiger charge is -2.27. The minimum Gasteiger partial charge on any atom is -0.454 e. The standard InChI is InChI=1S/C27H25N7O/c1-27(2,15-16-8-4-3-5-9-16)32-23-14-19(30-26(28)31-23)17-12-20-24-22(13-17)35-21-11-7-6-10-18(21)29-25(24)34-33-20/h3-14H,15H2,1-2H3,(H2,29,33,34)(H3,28,30,31,32). The maximum atomic E-state index is 6.29. The molecule has 0 unspecified atom stereocenters. The molecule has 0 atom stereocenters. The molecule has 0 spiro atoms.